The number of benzene rings is 1. The highest BCUT2D eigenvalue weighted by Crippen LogP contribution is 2.32. The summed E-state index contributed by atoms with van der Waals surface area (Å²) in [5.74, 6) is 1.85. The van der Waals surface area contributed by atoms with Crippen molar-refractivity contribution in [3.05, 3.63) is 42.4 Å². The number of hydrogen-bond acceptors (Lipinski definition) is 4. The fraction of sp³-hybridized carbons (Fsp3) is 0.267. The molecule has 0 atom stereocenters. The maximum atomic E-state index is 5.81. The van der Waals surface area contributed by atoms with Gasteiger partial charge in [0, 0.05) is 11.7 Å². The number of nitrogen functional groups attached to an aromatic ring is 1. The lowest BCUT2D eigenvalue weighted by molar-refractivity contribution is 0.499. The Balaban J connectivity index is 1.70. The first-order chi connectivity index (χ1) is 9.79. The molecule has 4 rings (SSSR count). The van der Waals surface area contributed by atoms with E-state index in [0.717, 1.165) is 35.0 Å². The molecule has 1 aliphatic carbocycles. The predicted molar refractivity (Wildman–Crippen MR) is 78.4 cm³/mol. The van der Waals surface area contributed by atoms with Crippen molar-refractivity contribution in [2.24, 2.45) is 0 Å². The number of rotatable bonds is 4. The van der Waals surface area contributed by atoms with Crippen LogP contribution >= 0.6 is 0 Å². The van der Waals surface area contributed by atoms with Crippen LogP contribution in [0.4, 0.5) is 11.6 Å². The highest BCUT2D eigenvalue weighted by Gasteiger charge is 2.31. The van der Waals surface area contributed by atoms with Gasteiger partial charge >= 0.3 is 0 Å². The molecule has 1 fully saturated rings. The third kappa shape index (κ3) is 2.01. The van der Waals surface area contributed by atoms with Crippen LogP contribution in [0.5, 0.6) is 0 Å². The Hall–Kier alpha value is -2.43. The van der Waals surface area contributed by atoms with Crippen LogP contribution in [0.25, 0.3) is 11.0 Å². The Morgan fingerprint density at radius 3 is 3.00 bits per heavy atom. The molecule has 0 saturated heterocycles. The van der Waals surface area contributed by atoms with E-state index >= 15 is 0 Å². The zero-order chi connectivity index (χ0) is 13.5. The molecule has 1 aromatic carbocycles. The number of furan rings is 1. The molecule has 102 valence electrons. The number of nitrogens with two attached hydrogens (primary N) is 1. The number of nitrogens with one attached hydrogen (secondary N) is 1. The first-order valence-electron chi connectivity index (χ1n) is 6.84. The van der Waals surface area contributed by atoms with Crippen LogP contribution in [0.2, 0.25) is 0 Å². The standard InChI is InChI=1S/C15H16N4O/c16-10-3-6-13-14(8-10)18-15(17-13)19(11-4-5-11)9-12-2-1-7-20-12/h1-3,6-8,11H,4-5,9,16H2,(H,17,18). The lowest BCUT2D eigenvalue weighted by Gasteiger charge is -2.19. The van der Waals surface area contributed by atoms with Gasteiger partial charge in [-0.25, -0.2) is 4.98 Å². The summed E-state index contributed by atoms with van der Waals surface area (Å²) in [6.45, 7) is 0.743. The largest absolute Gasteiger partial charge is 0.467 e. The van der Waals surface area contributed by atoms with E-state index in [9.17, 15) is 0 Å². The van der Waals surface area contributed by atoms with Gasteiger partial charge < -0.3 is 20.0 Å². The Bertz CT molecular complexity index is 728. The number of fused-ring (bicyclic) bond motifs is 1. The van der Waals surface area contributed by atoms with Gasteiger partial charge in [-0.2, -0.15) is 0 Å². The first-order valence-corrected chi connectivity index (χ1v) is 6.84. The van der Waals surface area contributed by atoms with E-state index < -0.39 is 0 Å². The molecule has 0 aliphatic heterocycles. The number of hydrogen-bond donors (Lipinski definition) is 2. The number of nitrogens with zero attached hydrogens (tertiary/aromatic N) is 2. The van der Waals surface area contributed by atoms with Crippen molar-refractivity contribution in [2.45, 2.75) is 25.4 Å². The Labute approximate surface area is 116 Å². The highest BCUT2D eigenvalue weighted by molar-refractivity contribution is 5.81. The van der Waals surface area contributed by atoms with Crippen LogP contribution in [-0.2, 0) is 6.54 Å². The lowest BCUT2D eigenvalue weighted by atomic mass is 10.3. The molecule has 0 bridgehead atoms. The van der Waals surface area contributed by atoms with Gasteiger partial charge in [-0.15, -0.1) is 0 Å². The topological polar surface area (TPSA) is 71.1 Å². The molecule has 2 heterocycles. The van der Waals surface area contributed by atoms with E-state index in [1.807, 2.05) is 30.3 Å². The average molecular weight is 268 g/mol. The zero-order valence-corrected chi connectivity index (χ0v) is 11.0. The quantitative estimate of drug-likeness (QED) is 0.714. The summed E-state index contributed by atoms with van der Waals surface area (Å²) in [4.78, 5) is 10.3. The van der Waals surface area contributed by atoms with Crippen LogP contribution in [0.1, 0.15) is 18.6 Å². The molecule has 5 heteroatoms. The normalized spacial score (nSPS) is 14.8. The van der Waals surface area contributed by atoms with Gasteiger partial charge in [-0.1, -0.05) is 0 Å². The van der Waals surface area contributed by atoms with E-state index in [0.29, 0.717) is 6.04 Å². The minimum Gasteiger partial charge on any atom is -0.467 e. The monoisotopic (exact) mass is 268 g/mol. The lowest BCUT2D eigenvalue weighted by Crippen LogP contribution is -2.25. The fourth-order valence-corrected chi connectivity index (χ4v) is 2.48. The van der Waals surface area contributed by atoms with Crippen molar-refractivity contribution in [1.82, 2.24) is 9.97 Å². The molecule has 0 unspecified atom stereocenters. The predicted octanol–water partition coefficient (Wildman–Crippen LogP) is 2.91. The van der Waals surface area contributed by atoms with E-state index in [4.69, 9.17) is 10.2 Å². The molecule has 20 heavy (non-hydrogen) atoms. The van der Waals surface area contributed by atoms with E-state index in [1.165, 1.54) is 12.8 Å². The number of anilines is 2. The van der Waals surface area contributed by atoms with E-state index in [2.05, 4.69) is 14.9 Å². The van der Waals surface area contributed by atoms with Crippen molar-refractivity contribution in [3.8, 4) is 0 Å². The number of H-pyrrole nitrogens is 1. The summed E-state index contributed by atoms with van der Waals surface area (Å²) in [6, 6.07) is 10.2. The highest BCUT2D eigenvalue weighted by atomic mass is 16.3. The van der Waals surface area contributed by atoms with Crippen LogP contribution in [0.15, 0.2) is 41.0 Å². The van der Waals surface area contributed by atoms with Gasteiger partial charge in [0.25, 0.3) is 0 Å². The maximum absolute atomic E-state index is 5.81. The first kappa shape index (κ1) is 11.4. The molecular weight excluding hydrogens is 252 g/mol. The Morgan fingerprint density at radius 2 is 2.25 bits per heavy atom. The second-order valence-electron chi connectivity index (χ2n) is 5.28. The minimum atomic E-state index is 0.554. The molecule has 0 amide bonds. The maximum Gasteiger partial charge on any atom is 0.204 e. The van der Waals surface area contributed by atoms with Crippen molar-refractivity contribution in [3.63, 3.8) is 0 Å². The van der Waals surface area contributed by atoms with Crippen LogP contribution in [-0.4, -0.2) is 16.0 Å². The Kier molecular flexibility index (Phi) is 2.45. The molecule has 3 N–H and O–H groups in total. The number of aromatic nitrogens is 2. The van der Waals surface area contributed by atoms with Gasteiger partial charge in [0.2, 0.25) is 5.95 Å². The summed E-state index contributed by atoms with van der Waals surface area (Å²) >= 11 is 0. The summed E-state index contributed by atoms with van der Waals surface area (Å²) in [7, 11) is 0. The van der Waals surface area contributed by atoms with Crippen LogP contribution in [0, 0.1) is 0 Å². The van der Waals surface area contributed by atoms with Crippen LogP contribution < -0.4 is 10.6 Å². The molecular formula is C15H16N4O. The van der Waals surface area contributed by atoms with Crippen molar-refractivity contribution in [2.75, 3.05) is 10.6 Å². The third-order valence-corrected chi connectivity index (χ3v) is 3.66. The SMILES string of the molecule is Nc1ccc2nc(N(Cc3ccco3)C3CC3)[nH]c2c1. The second kappa shape index (κ2) is 4.30. The minimum absolute atomic E-state index is 0.554. The van der Waals surface area contributed by atoms with Gasteiger partial charge in [0.15, 0.2) is 0 Å². The third-order valence-electron chi connectivity index (χ3n) is 3.66. The van der Waals surface area contributed by atoms with Gasteiger partial charge in [0.05, 0.1) is 23.8 Å². The van der Waals surface area contributed by atoms with Crippen molar-refractivity contribution in [1.29, 1.82) is 0 Å². The molecule has 0 radical (unpaired) electrons. The molecule has 3 aromatic rings. The van der Waals surface area contributed by atoms with E-state index in [1.54, 1.807) is 6.26 Å². The summed E-state index contributed by atoms with van der Waals surface area (Å²) in [5.41, 5.74) is 8.48. The van der Waals surface area contributed by atoms with Gasteiger partial charge in [-0.3, -0.25) is 0 Å². The number of imidazole rings is 1. The van der Waals surface area contributed by atoms with Gasteiger partial charge in [0.1, 0.15) is 5.76 Å². The van der Waals surface area contributed by atoms with E-state index in [-0.39, 0.29) is 0 Å². The summed E-state index contributed by atoms with van der Waals surface area (Å²) in [6.07, 6.45) is 4.12. The van der Waals surface area contributed by atoms with Gasteiger partial charge in [-0.05, 0) is 43.2 Å². The molecule has 0 spiro atoms. The molecule has 1 saturated carbocycles. The fourth-order valence-electron chi connectivity index (χ4n) is 2.48. The smallest absolute Gasteiger partial charge is 0.204 e. The van der Waals surface area contributed by atoms with Crippen molar-refractivity contribution < 1.29 is 4.42 Å². The zero-order valence-electron chi connectivity index (χ0n) is 11.0. The molecule has 1 aliphatic rings. The van der Waals surface area contributed by atoms with Crippen LogP contribution in [0.3, 0.4) is 0 Å². The summed E-state index contributed by atoms with van der Waals surface area (Å²) < 4.78 is 5.45. The summed E-state index contributed by atoms with van der Waals surface area (Å²) in [5, 5.41) is 0. The molecule has 5 nitrogen and oxygen atoms in total. The van der Waals surface area contributed by atoms with Crippen molar-refractivity contribution >= 4 is 22.7 Å². The number of aromatic amines is 1. The molecule has 2 aromatic heterocycles. The average Bonchev–Trinajstić information content (AvgIpc) is 2.99. The second-order valence-corrected chi connectivity index (χ2v) is 5.28. The Morgan fingerprint density at radius 1 is 1.35 bits per heavy atom.